The quantitative estimate of drug-likeness (QED) is 0.649. The van der Waals surface area contributed by atoms with E-state index >= 15 is 0 Å². The minimum atomic E-state index is -3.92. The lowest BCUT2D eigenvalue weighted by Gasteiger charge is -2.20. The molecule has 0 rings (SSSR count). The first-order valence-electron chi connectivity index (χ1n) is 5.03. The van der Waals surface area contributed by atoms with E-state index in [0.29, 0.717) is 6.42 Å². The highest BCUT2D eigenvalue weighted by Gasteiger charge is 2.23. The molecule has 7 nitrogen and oxygen atoms in total. The van der Waals surface area contributed by atoms with E-state index in [0.717, 1.165) is 4.31 Å². The van der Waals surface area contributed by atoms with Gasteiger partial charge in [0.25, 0.3) is 0 Å². The SMILES string of the molecule is CCCN(CCO)S(=O)(=O)NC(=O)OCC. The van der Waals surface area contributed by atoms with Crippen molar-refractivity contribution in [3.63, 3.8) is 0 Å². The zero-order chi connectivity index (χ0) is 12.6. The number of hydrogen-bond acceptors (Lipinski definition) is 5. The molecule has 0 aliphatic carbocycles. The summed E-state index contributed by atoms with van der Waals surface area (Å²) in [7, 11) is -3.92. The summed E-state index contributed by atoms with van der Waals surface area (Å²) in [6, 6.07) is 0. The Bertz CT molecular complexity index is 298. The number of carbonyl (C=O) groups is 1. The molecule has 0 aromatic rings. The number of aliphatic hydroxyl groups excluding tert-OH is 1. The van der Waals surface area contributed by atoms with Gasteiger partial charge in [-0.05, 0) is 13.3 Å². The molecule has 0 unspecified atom stereocenters. The van der Waals surface area contributed by atoms with Crippen molar-refractivity contribution in [2.24, 2.45) is 0 Å². The smallest absolute Gasteiger partial charge is 0.421 e. The topological polar surface area (TPSA) is 95.9 Å². The molecule has 0 atom stereocenters. The summed E-state index contributed by atoms with van der Waals surface area (Å²) in [5, 5.41) is 8.71. The molecule has 0 bridgehead atoms. The lowest BCUT2D eigenvalue weighted by molar-refractivity contribution is 0.157. The van der Waals surface area contributed by atoms with Gasteiger partial charge in [-0.15, -0.1) is 0 Å². The van der Waals surface area contributed by atoms with E-state index in [1.807, 2.05) is 0 Å². The summed E-state index contributed by atoms with van der Waals surface area (Å²) < 4.78 is 30.4. The minimum absolute atomic E-state index is 0.0530. The van der Waals surface area contributed by atoms with Gasteiger partial charge in [0.15, 0.2) is 0 Å². The second-order valence-corrected chi connectivity index (χ2v) is 4.62. The highest BCUT2D eigenvalue weighted by atomic mass is 32.2. The summed E-state index contributed by atoms with van der Waals surface area (Å²) in [5.41, 5.74) is 0. The summed E-state index contributed by atoms with van der Waals surface area (Å²) in [5.74, 6) is 0. The molecule has 1 amide bonds. The predicted octanol–water partition coefficient (Wildman–Crippen LogP) is -0.318. The van der Waals surface area contributed by atoms with Crippen LogP contribution in [0.1, 0.15) is 20.3 Å². The van der Waals surface area contributed by atoms with E-state index in [4.69, 9.17) is 5.11 Å². The van der Waals surface area contributed by atoms with Gasteiger partial charge in [0.05, 0.1) is 13.2 Å². The van der Waals surface area contributed by atoms with Crippen molar-refractivity contribution < 1.29 is 23.1 Å². The zero-order valence-electron chi connectivity index (χ0n) is 9.47. The van der Waals surface area contributed by atoms with E-state index in [1.54, 1.807) is 18.6 Å². The van der Waals surface area contributed by atoms with Gasteiger partial charge in [0, 0.05) is 13.1 Å². The molecule has 8 heteroatoms. The van der Waals surface area contributed by atoms with Crippen LogP contribution < -0.4 is 4.72 Å². The van der Waals surface area contributed by atoms with Gasteiger partial charge in [-0.1, -0.05) is 6.92 Å². The molecule has 2 N–H and O–H groups in total. The highest BCUT2D eigenvalue weighted by molar-refractivity contribution is 7.87. The van der Waals surface area contributed by atoms with Gasteiger partial charge in [-0.2, -0.15) is 12.7 Å². The molecule has 0 saturated heterocycles. The van der Waals surface area contributed by atoms with E-state index in [2.05, 4.69) is 4.74 Å². The molecule has 0 fully saturated rings. The van der Waals surface area contributed by atoms with Crippen LogP contribution in [0.5, 0.6) is 0 Å². The number of carbonyl (C=O) groups excluding carboxylic acids is 1. The fraction of sp³-hybridized carbons (Fsp3) is 0.875. The molecule has 0 aromatic carbocycles. The molecule has 0 spiro atoms. The monoisotopic (exact) mass is 254 g/mol. The average molecular weight is 254 g/mol. The molecule has 96 valence electrons. The first kappa shape index (κ1) is 15.1. The molecular formula is C8H18N2O5S. The maximum Gasteiger partial charge on any atom is 0.421 e. The molecule has 0 radical (unpaired) electrons. The number of nitrogens with zero attached hydrogens (tertiary/aromatic N) is 1. The van der Waals surface area contributed by atoms with Crippen LogP contribution in [0.4, 0.5) is 4.79 Å². The lowest BCUT2D eigenvalue weighted by atomic mass is 10.5. The molecule has 16 heavy (non-hydrogen) atoms. The Morgan fingerprint density at radius 1 is 1.38 bits per heavy atom. The van der Waals surface area contributed by atoms with E-state index in [1.165, 1.54) is 0 Å². The number of amides is 1. The zero-order valence-corrected chi connectivity index (χ0v) is 10.3. The Labute approximate surface area is 95.6 Å². The second-order valence-electron chi connectivity index (χ2n) is 2.95. The molecule has 0 saturated carbocycles. The number of hydrogen-bond donors (Lipinski definition) is 2. The summed E-state index contributed by atoms with van der Waals surface area (Å²) in [4.78, 5) is 11.0. The molecule has 0 aliphatic heterocycles. The largest absolute Gasteiger partial charge is 0.449 e. The van der Waals surface area contributed by atoms with Crippen LogP contribution in [0.2, 0.25) is 0 Å². The number of nitrogens with one attached hydrogen (secondary N) is 1. The van der Waals surface area contributed by atoms with Crippen molar-refractivity contribution in [3.8, 4) is 0 Å². The van der Waals surface area contributed by atoms with Crippen molar-refractivity contribution in [1.29, 1.82) is 0 Å². The van der Waals surface area contributed by atoms with E-state index in [9.17, 15) is 13.2 Å². The fourth-order valence-electron chi connectivity index (χ4n) is 1.04. The normalized spacial score (nSPS) is 11.5. The third-order valence-electron chi connectivity index (χ3n) is 1.65. The minimum Gasteiger partial charge on any atom is -0.449 e. The van der Waals surface area contributed by atoms with Crippen LogP contribution in [0, 0.1) is 0 Å². The van der Waals surface area contributed by atoms with Crippen LogP contribution in [0.3, 0.4) is 0 Å². The van der Waals surface area contributed by atoms with Gasteiger partial charge < -0.3 is 9.84 Å². The van der Waals surface area contributed by atoms with E-state index in [-0.39, 0.29) is 26.3 Å². The van der Waals surface area contributed by atoms with Gasteiger partial charge in [-0.3, -0.25) is 0 Å². The van der Waals surface area contributed by atoms with Crippen LogP contribution in [0.25, 0.3) is 0 Å². The van der Waals surface area contributed by atoms with Crippen LogP contribution in [-0.4, -0.2) is 50.2 Å². The summed E-state index contributed by atoms with van der Waals surface area (Å²) in [6.07, 6.45) is -0.425. The average Bonchev–Trinajstić information content (AvgIpc) is 2.17. The van der Waals surface area contributed by atoms with Gasteiger partial charge in [0.1, 0.15) is 0 Å². The Morgan fingerprint density at radius 3 is 2.44 bits per heavy atom. The third kappa shape index (κ3) is 5.29. The Balaban J connectivity index is 4.52. The maximum absolute atomic E-state index is 11.6. The Kier molecular flexibility index (Phi) is 7.02. The Morgan fingerprint density at radius 2 is 2.00 bits per heavy atom. The van der Waals surface area contributed by atoms with Gasteiger partial charge in [-0.25, -0.2) is 9.52 Å². The summed E-state index contributed by atoms with van der Waals surface area (Å²) >= 11 is 0. The third-order valence-corrected chi connectivity index (χ3v) is 3.12. The van der Waals surface area contributed by atoms with Crippen LogP contribution >= 0.6 is 0 Å². The second kappa shape index (κ2) is 7.42. The summed E-state index contributed by atoms with van der Waals surface area (Å²) in [6.45, 7) is 3.34. The van der Waals surface area contributed by atoms with Crippen molar-refractivity contribution in [2.45, 2.75) is 20.3 Å². The first-order valence-corrected chi connectivity index (χ1v) is 6.47. The van der Waals surface area contributed by atoms with Crippen molar-refractivity contribution in [1.82, 2.24) is 9.03 Å². The van der Waals surface area contributed by atoms with Crippen LogP contribution in [-0.2, 0) is 14.9 Å². The number of ether oxygens (including phenoxy) is 1. The maximum atomic E-state index is 11.6. The number of aliphatic hydroxyl groups is 1. The molecule has 0 aliphatic rings. The van der Waals surface area contributed by atoms with E-state index < -0.39 is 16.3 Å². The molecule has 0 heterocycles. The van der Waals surface area contributed by atoms with Crippen molar-refractivity contribution in [3.05, 3.63) is 0 Å². The lowest BCUT2D eigenvalue weighted by Crippen LogP contribution is -2.45. The Hall–Kier alpha value is -0.860. The van der Waals surface area contributed by atoms with Crippen molar-refractivity contribution in [2.75, 3.05) is 26.3 Å². The standard InChI is InChI=1S/C8H18N2O5S/c1-3-5-10(6-7-11)16(13,14)9-8(12)15-4-2/h11H,3-7H2,1-2H3,(H,9,12). The first-order chi connectivity index (χ1) is 7.47. The number of rotatable bonds is 7. The highest BCUT2D eigenvalue weighted by Crippen LogP contribution is 1.99. The predicted molar refractivity (Wildman–Crippen MR) is 58.0 cm³/mol. The fourth-order valence-corrected chi connectivity index (χ4v) is 2.19. The molecule has 0 aromatic heterocycles. The van der Waals surface area contributed by atoms with Gasteiger partial charge in [0.2, 0.25) is 0 Å². The van der Waals surface area contributed by atoms with Crippen molar-refractivity contribution >= 4 is 16.3 Å². The van der Waals surface area contributed by atoms with Gasteiger partial charge >= 0.3 is 16.3 Å². The van der Waals surface area contributed by atoms with Crippen LogP contribution in [0.15, 0.2) is 0 Å². The molecular weight excluding hydrogens is 236 g/mol.